The third kappa shape index (κ3) is 4.24. The molecule has 0 heterocycles. The van der Waals surface area contributed by atoms with E-state index in [0.717, 1.165) is 6.42 Å². The van der Waals surface area contributed by atoms with E-state index in [1.165, 1.54) is 14.2 Å². The summed E-state index contributed by atoms with van der Waals surface area (Å²) >= 11 is 0. The molecule has 0 aromatic rings. The molecule has 2 unspecified atom stereocenters. The first-order valence-corrected chi connectivity index (χ1v) is 4.42. The number of hydrogen-bond donors (Lipinski definition) is 1. The van der Waals surface area contributed by atoms with E-state index in [4.69, 9.17) is 4.74 Å². The number of carbonyl (C=O) groups is 1. The van der Waals surface area contributed by atoms with Gasteiger partial charge in [0.2, 0.25) is 0 Å². The van der Waals surface area contributed by atoms with Crippen molar-refractivity contribution in [1.29, 1.82) is 0 Å². The number of aliphatic hydroxyl groups is 1. The second kappa shape index (κ2) is 6.86. The van der Waals surface area contributed by atoms with Gasteiger partial charge in [0.05, 0.1) is 19.8 Å². The summed E-state index contributed by atoms with van der Waals surface area (Å²) in [6, 6.07) is 0. The first-order valence-electron chi connectivity index (χ1n) is 4.42. The summed E-state index contributed by atoms with van der Waals surface area (Å²) in [6.07, 6.45) is 0.749. The fourth-order valence-electron chi connectivity index (χ4n) is 1.16. The molecule has 4 nitrogen and oxygen atoms in total. The van der Waals surface area contributed by atoms with Crippen LogP contribution in [0.4, 0.5) is 0 Å². The second-order valence-electron chi connectivity index (χ2n) is 2.94. The summed E-state index contributed by atoms with van der Waals surface area (Å²) in [6.45, 7) is 2.15. The molecule has 78 valence electrons. The van der Waals surface area contributed by atoms with Crippen LogP contribution in [0, 0.1) is 5.92 Å². The number of methoxy groups -OCH3 is 2. The summed E-state index contributed by atoms with van der Waals surface area (Å²) in [7, 11) is 2.80. The van der Waals surface area contributed by atoms with Crippen molar-refractivity contribution in [3.05, 3.63) is 0 Å². The minimum atomic E-state index is -0.669. The molecule has 0 aliphatic rings. The predicted octanol–water partition coefficient (Wildman–Crippen LogP) is 0.583. The molecule has 0 radical (unpaired) electrons. The van der Waals surface area contributed by atoms with E-state index in [0.29, 0.717) is 6.42 Å². The molecule has 0 aliphatic carbocycles. The van der Waals surface area contributed by atoms with Crippen LogP contribution in [0.3, 0.4) is 0 Å². The Morgan fingerprint density at radius 1 is 1.46 bits per heavy atom. The molecule has 0 aliphatic heterocycles. The van der Waals surface area contributed by atoms with Gasteiger partial charge in [-0.05, 0) is 6.42 Å². The third-order valence-corrected chi connectivity index (χ3v) is 1.90. The normalized spacial score (nSPS) is 15.1. The molecule has 0 fully saturated rings. The van der Waals surface area contributed by atoms with Crippen molar-refractivity contribution in [3.63, 3.8) is 0 Å². The van der Waals surface area contributed by atoms with Gasteiger partial charge in [0, 0.05) is 7.11 Å². The Kier molecular flexibility index (Phi) is 6.54. The smallest absolute Gasteiger partial charge is 0.313 e. The van der Waals surface area contributed by atoms with Crippen LogP contribution < -0.4 is 0 Å². The van der Waals surface area contributed by atoms with Gasteiger partial charge in [0.25, 0.3) is 0 Å². The molecule has 0 amide bonds. The van der Waals surface area contributed by atoms with Crippen molar-refractivity contribution in [2.75, 3.05) is 20.8 Å². The molecule has 1 N–H and O–H groups in total. The Hall–Kier alpha value is -0.610. The molecule has 2 atom stereocenters. The average molecular weight is 190 g/mol. The minimum Gasteiger partial charge on any atom is -0.469 e. The molecule has 0 rings (SSSR count). The van der Waals surface area contributed by atoms with E-state index in [1.807, 2.05) is 6.92 Å². The van der Waals surface area contributed by atoms with E-state index in [1.54, 1.807) is 0 Å². The van der Waals surface area contributed by atoms with E-state index in [9.17, 15) is 9.90 Å². The van der Waals surface area contributed by atoms with E-state index in [2.05, 4.69) is 4.74 Å². The Labute approximate surface area is 78.8 Å². The molecule has 0 bridgehead atoms. The van der Waals surface area contributed by atoms with Crippen LogP contribution in [0.15, 0.2) is 0 Å². The summed E-state index contributed by atoms with van der Waals surface area (Å²) in [5.41, 5.74) is 0. The maximum atomic E-state index is 11.2. The fraction of sp³-hybridized carbons (Fsp3) is 0.889. The first kappa shape index (κ1) is 12.4. The third-order valence-electron chi connectivity index (χ3n) is 1.90. The first-order chi connectivity index (χ1) is 6.17. The molecule has 0 aromatic heterocycles. The van der Waals surface area contributed by atoms with Crippen molar-refractivity contribution in [2.24, 2.45) is 5.92 Å². The SMILES string of the molecule is CCCC(O)C(COC)C(=O)OC. The van der Waals surface area contributed by atoms with Crippen LogP contribution in [-0.4, -0.2) is 38.0 Å². The topological polar surface area (TPSA) is 55.8 Å². The lowest BCUT2D eigenvalue weighted by molar-refractivity contribution is -0.152. The summed E-state index contributed by atoms with van der Waals surface area (Å²) < 4.78 is 9.39. The molecular formula is C9H18O4. The molecule has 0 spiro atoms. The second-order valence-corrected chi connectivity index (χ2v) is 2.94. The summed E-state index contributed by atoms with van der Waals surface area (Å²) in [4.78, 5) is 11.2. The monoisotopic (exact) mass is 190 g/mol. The zero-order valence-electron chi connectivity index (χ0n) is 8.45. The highest BCUT2D eigenvalue weighted by Crippen LogP contribution is 2.11. The van der Waals surface area contributed by atoms with E-state index < -0.39 is 18.0 Å². The zero-order valence-corrected chi connectivity index (χ0v) is 8.45. The molecule has 0 saturated heterocycles. The van der Waals surface area contributed by atoms with Gasteiger partial charge in [-0.15, -0.1) is 0 Å². The molecule has 4 heteroatoms. The molecule has 13 heavy (non-hydrogen) atoms. The summed E-state index contributed by atoms with van der Waals surface area (Å²) in [5, 5.41) is 9.56. The molecule has 0 saturated carbocycles. The van der Waals surface area contributed by atoms with Crippen LogP contribution in [0.2, 0.25) is 0 Å². The maximum absolute atomic E-state index is 11.2. The highest BCUT2D eigenvalue weighted by Gasteiger charge is 2.26. The van der Waals surface area contributed by atoms with Gasteiger partial charge in [-0.25, -0.2) is 0 Å². The van der Waals surface area contributed by atoms with Gasteiger partial charge in [0.15, 0.2) is 0 Å². The zero-order chi connectivity index (χ0) is 10.3. The van der Waals surface area contributed by atoms with E-state index in [-0.39, 0.29) is 6.61 Å². The number of esters is 1. The predicted molar refractivity (Wildman–Crippen MR) is 48.3 cm³/mol. The van der Waals surface area contributed by atoms with Gasteiger partial charge >= 0.3 is 5.97 Å². The highest BCUT2D eigenvalue weighted by molar-refractivity contribution is 5.73. The Balaban J connectivity index is 4.13. The number of hydrogen-bond acceptors (Lipinski definition) is 4. The lowest BCUT2D eigenvalue weighted by atomic mass is 10.00. The number of ether oxygens (including phenoxy) is 2. The Morgan fingerprint density at radius 2 is 2.08 bits per heavy atom. The molecular weight excluding hydrogens is 172 g/mol. The molecule has 0 aromatic carbocycles. The van der Waals surface area contributed by atoms with Crippen LogP contribution >= 0.6 is 0 Å². The average Bonchev–Trinajstić information content (AvgIpc) is 2.13. The standard InChI is InChI=1S/C9H18O4/c1-4-5-8(10)7(6-12-2)9(11)13-3/h7-8,10H,4-6H2,1-3H3. The Morgan fingerprint density at radius 3 is 2.46 bits per heavy atom. The van der Waals surface area contributed by atoms with Gasteiger partial charge in [0.1, 0.15) is 5.92 Å². The van der Waals surface area contributed by atoms with Crippen molar-refractivity contribution in [2.45, 2.75) is 25.9 Å². The number of aliphatic hydroxyl groups excluding tert-OH is 1. The minimum absolute atomic E-state index is 0.202. The lowest BCUT2D eigenvalue weighted by Crippen LogP contribution is -2.32. The number of rotatable bonds is 6. The van der Waals surface area contributed by atoms with Gasteiger partial charge in [-0.1, -0.05) is 13.3 Å². The quantitative estimate of drug-likeness (QED) is 0.622. The van der Waals surface area contributed by atoms with Crippen LogP contribution in [0.25, 0.3) is 0 Å². The maximum Gasteiger partial charge on any atom is 0.313 e. The Bertz CT molecular complexity index is 147. The van der Waals surface area contributed by atoms with E-state index >= 15 is 0 Å². The van der Waals surface area contributed by atoms with Crippen molar-refractivity contribution < 1.29 is 19.4 Å². The summed E-state index contributed by atoms with van der Waals surface area (Å²) in [5.74, 6) is -0.974. The van der Waals surface area contributed by atoms with Crippen molar-refractivity contribution in [3.8, 4) is 0 Å². The largest absolute Gasteiger partial charge is 0.469 e. The van der Waals surface area contributed by atoms with Gasteiger partial charge in [-0.3, -0.25) is 4.79 Å². The van der Waals surface area contributed by atoms with Crippen LogP contribution in [-0.2, 0) is 14.3 Å². The van der Waals surface area contributed by atoms with Gasteiger partial charge in [-0.2, -0.15) is 0 Å². The van der Waals surface area contributed by atoms with Gasteiger partial charge < -0.3 is 14.6 Å². The fourth-order valence-corrected chi connectivity index (χ4v) is 1.16. The highest BCUT2D eigenvalue weighted by atomic mass is 16.5. The van der Waals surface area contributed by atoms with Crippen molar-refractivity contribution >= 4 is 5.97 Å². The number of carbonyl (C=O) groups excluding carboxylic acids is 1. The van der Waals surface area contributed by atoms with Crippen molar-refractivity contribution in [1.82, 2.24) is 0 Å². The lowest BCUT2D eigenvalue weighted by Gasteiger charge is -2.19. The van der Waals surface area contributed by atoms with Crippen LogP contribution in [0.5, 0.6) is 0 Å². The van der Waals surface area contributed by atoms with Crippen LogP contribution in [0.1, 0.15) is 19.8 Å².